The summed E-state index contributed by atoms with van der Waals surface area (Å²) in [5.41, 5.74) is 1.58. The number of hydrogen-bond donors (Lipinski definition) is 1. The lowest BCUT2D eigenvalue weighted by Gasteiger charge is -2.27. The Morgan fingerprint density at radius 2 is 2.33 bits per heavy atom. The first-order chi connectivity index (χ1) is 8.56. The van der Waals surface area contributed by atoms with Crippen LogP contribution in [-0.4, -0.2) is 31.6 Å². The molecule has 1 aliphatic carbocycles. The Balaban J connectivity index is 1.94. The summed E-state index contributed by atoms with van der Waals surface area (Å²) in [5, 5.41) is 3.82. The monoisotopic (exact) mass is 378 g/mol. The fourth-order valence-electron chi connectivity index (χ4n) is 2.57. The molecule has 1 aromatic rings. The predicted octanol–water partition coefficient (Wildman–Crippen LogP) is 3.66. The van der Waals surface area contributed by atoms with E-state index in [0.29, 0.717) is 12.1 Å². The highest BCUT2D eigenvalue weighted by Crippen LogP contribution is 2.36. The van der Waals surface area contributed by atoms with E-state index in [0.717, 1.165) is 6.54 Å². The van der Waals surface area contributed by atoms with E-state index in [1.54, 1.807) is 10.4 Å². The molecule has 1 aliphatic rings. The van der Waals surface area contributed by atoms with Crippen molar-refractivity contribution >= 4 is 33.9 Å². The third-order valence-electron chi connectivity index (χ3n) is 3.58. The number of thiophene rings is 1. The van der Waals surface area contributed by atoms with Gasteiger partial charge in [0.25, 0.3) is 0 Å². The molecule has 1 heterocycles. The minimum atomic E-state index is 0.589. The molecule has 102 valence electrons. The maximum atomic E-state index is 3.82. The van der Waals surface area contributed by atoms with Gasteiger partial charge in [-0.3, -0.25) is 0 Å². The number of halogens is 1. The molecule has 1 aromatic heterocycles. The van der Waals surface area contributed by atoms with Crippen LogP contribution in [0.25, 0.3) is 0 Å². The van der Waals surface area contributed by atoms with Crippen molar-refractivity contribution in [2.45, 2.75) is 44.7 Å². The van der Waals surface area contributed by atoms with Gasteiger partial charge in [-0.1, -0.05) is 0 Å². The first-order valence-corrected chi connectivity index (χ1v) is 8.64. The van der Waals surface area contributed by atoms with Gasteiger partial charge >= 0.3 is 0 Å². The molecule has 2 rings (SSSR count). The van der Waals surface area contributed by atoms with Gasteiger partial charge in [0.05, 0.1) is 2.88 Å². The van der Waals surface area contributed by atoms with Gasteiger partial charge in [-0.2, -0.15) is 0 Å². The fraction of sp³-hybridized carbons (Fsp3) is 0.714. The molecule has 2 nitrogen and oxygen atoms in total. The van der Waals surface area contributed by atoms with Crippen LogP contribution in [0, 0.1) is 2.88 Å². The van der Waals surface area contributed by atoms with Crippen LogP contribution in [0.3, 0.4) is 0 Å². The van der Waals surface area contributed by atoms with Crippen LogP contribution in [0.5, 0.6) is 0 Å². The summed E-state index contributed by atoms with van der Waals surface area (Å²) in [6, 6.07) is 3.57. The maximum Gasteiger partial charge on any atom is 0.0659 e. The summed E-state index contributed by atoms with van der Waals surface area (Å²) in [6.45, 7) is 3.48. The van der Waals surface area contributed by atoms with E-state index in [-0.39, 0.29) is 0 Å². The van der Waals surface area contributed by atoms with E-state index < -0.39 is 0 Å². The van der Waals surface area contributed by atoms with Gasteiger partial charge in [0, 0.05) is 17.0 Å². The minimum absolute atomic E-state index is 0.589. The highest BCUT2D eigenvalue weighted by molar-refractivity contribution is 14.1. The number of aryl methyl sites for hydroxylation is 1. The second-order valence-corrected chi connectivity index (χ2v) is 8.56. The van der Waals surface area contributed by atoms with Crippen molar-refractivity contribution in [2.75, 3.05) is 20.6 Å². The molecule has 0 bridgehead atoms. The molecule has 2 atom stereocenters. The third kappa shape index (κ3) is 3.92. The van der Waals surface area contributed by atoms with E-state index in [9.17, 15) is 0 Å². The molecule has 0 saturated heterocycles. The van der Waals surface area contributed by atoms with E-state index in [1.165, 1.54) is 28.6 Å². The lowest BCUT2D eigenvalue weighted by atomic mass is 9.93. The van der Waals surface area contributed by atoms with E-state index in [1.807, 2.05) is 11.3 Å². The number of fused-ring (bicyclic) bond motifs is 1. The van der Waals surface area contributed by atoms with Crippen LogP contribution in [-0.2, 0) is 6.42 Å². The zero-order valence-corrected chi connectivity index (χ0v) is 14.5. The van der Waals surface area contributed by atoms with E-state index >= 15 is 0 Å². The summed E-state index contributed by atoms with van der Waals surface area (Å²) in [6.07, 6.45) is 5.14. The third-order valence-corrected chi connectivity index (χ3v) is 5.55. The normalized spacial score (nSPS) is 21.1. The number of nitrogens with one attached hydrogen (secondary N) is 1. The lowest BCUT2D eigenvalue weighted by molar-refractivity contribution is 0.339. The molecule has 0 aromatic carbocycles. The minimum Gasteiger partial charge on any atom is -0.309 e. The second-order valence-electron chi connectivity index (χ2n) is 5.53. The quantitative estimate of drug-likeness (QED) is 0.787. The topological polar surface area (TPSA) is 15.3 Å². The van der Waals surface area contributed by atoms with Gasteiger partial charge in [0.15, 0.2) is 0 Å². The van der Waals surface area contributed by atoms with Crippen molar-refractivity contribution in [2.24, 2.45) is 0 Å². The van der Waals surface area contributed by atoms with Gasteiger partial charge in [0.2, 0.25) is 0 Å². The highest BCUT2D eigenvalue weighted by Gasteiger charge is 2.23. The molecule has 2 unspecified atom stereocenters. The van der Waals surface area contributed by atoms with Crippen molar-refractivity contribution in [1.82, 2.24) is 10.2 Å². The SMILES string of the molecule is CC(CCN(C)C)NC1CCCc2sc(I)cc21. The molecule has 0 radical (unpaired) electrons. The van der Waals surface area contributed by atoms with E-state index in [2.05, 4.69) is 59.9 Å². The molecular formula is C14H23IN2S. The Kier molecular flexibility index (Phi) is 5.47. The van der Waals surface area contributed by atoms with Gasteiger partial charge in [-0.05, 0) is 87.5 Å². The number of rotatable bonds is 5. The second kappa shape index (κ2) is 6.68. The zero-order valence-electron chi connectivity index (χ0n) is 11.5. The molecule has 0 spiro atoms. The van der Waals surface area contributed by atoms with Gasteiger partial charge < -0.3 is 10.2 Å². The summed E-state index contributed by atoms with van der Waals surface area (Å²) in [4.78, 5) is 3.88. The van der Waals surface area contributed by atoms with Crippen molar-refractivity contribution in [3.63, 3.8) is 0 Å². The Hall–Kier alpha value is 0.350. The first kappa shape index (κ1) is 14.8. The van der Waals surface area contributed by atoms with Crippen LogP contribution >= 0.6 is 33.9 Å². The largest absolute Gasteiger partial charge is 0.309 e. The maximum absolute atomic E-state index is 3.82. The molecule has 0 fully saturated rings. The lowest BCUT2D eigenvalue weighted by Crippen LogP contribution is -2.34. The molecule has 0 saturated carbocycles. The van der Waals surface area contributed by atoms with Gasteiger partial charge in [0.1, 0.15) is 0 Å². The Morgan fingerprint density at radius 3 is 3.06 bits per heavy atom. The van der Waals surface area contributed by atoms with Crippen LogP contribution in [0.1, 0.15) is 42.7 Å². The summed E-state index contributed by atoms with van der Waals surface area (Å²) < 4.78 is 1.44. The smallest absolute Gasteiger partial charge is 0.0659 e. The molecule has 4 heteroatoms. The number of nitrogens with zero attached hydrogens (tertiary/aromatic N) is 1. The first-order valence-electron chi connectivity index (χ1n) is 6.75. The summed E-state index contributed by atoms with van der Waals surface area (Å²) >= 11 is 4.43. The Bertz CT molecular complexity index is 389. The highest BCUT2D eigenvalue weighted by atomic mass is 127. The molecule has 18 heavy (non-hydrogen) atoms. The van der Waals surface area contributed by atoms with Crippen molar-refractivity contribution < 1.29 is 0 Å². The number of hydrogen-bond acceptors (Lipinski definition) is 3. The van der Waals surface area contributed by atoms with E-state index in [4.69, 9.17) is 0 Å². The molecule has 0 amide bonds. The van der Waals surface area contributed by atoms with Crippen LogP contribution in [0.2, 0.25) is 0 Å². The molecule has 1 N–H and O–H groups in total. The fourth-order valence-corrected chi connectivity index (χ4v) is 4.69. The average molecular weight is 378 g/mol. The Morgan fingerprint density at radius 1 is 1.56 bits per heavy atom. The average Bonchev–Trinajstić information content (AvgIpc) is 2.68. The summed E-state index contributed by atoms with van der Waals surface area (Å²) in [5.74, 6) is 0. The summed E-state index contributed by atoms with van der Waals surface area (Å²) in [7, 11) is 4.29. The van der Waals surface area contributed by atoms with Gasteiger partial charge in [-0.25, -0.2) is 0 Å². The van der Waals surface area contributed by atoms with Gasteiger partial charge in [-0.15, -0.1) is 11.3 Å². The van der Waals surface area contributed by atoms with Crippen molar-refractivity contribution in [1.29, 1.82) is 0 Å². The standard InChI is InChI=1S/C14H23IN2S/c1-10(7-8-17(2)3)16-12-5-4-6-13-11(12)9-14(15)18-13/h9-10,12,16H,4-8H2,1-3H3. The molecule has 0 aliphatic heterocycles. The van der Waals surface area contributed by atoms with Crippen molar-refractivity contribution in [3.05, 3.63) is 19.4 Å². The van der Waals surface area contributed by atoms with Crippen LogP contribution in [0.15, 0.2) is 6.07 Å². The predicted molar refractivity (Wildman–Crippen MR) is 88.5 cm³/mol. The zero-order chi connectivity index (χ0) is 13.1. The molecular weight excluding hydrogens is 355 g/mol. The Labute approximate surface area is 128 Å². The van der Waals surface area contributed by atoms with Crippen LogP contribution < -0.4 is 5.32 Å². The van der Waals surface area contributed by atoms with Crippen molar-refractivity contribution in [3.8, 4) is 0 Å². The van der Waals surface area contributed by atoms with Crippen LogP contribution in [0.4, 0.5) is 0 Å².